The number of aliphatic hydroxyl groups is 3. The molecule has 1 fully saturated rings. The van der Waals surface area contributed by atoms with Crippen LogP contribution in [0.3, 0.4) is 0 Å². The van der Waals surface area contributed by atoms with Gasteiger partial charge in [-0.25, -0.2) is 0 Å². The van der Waals surface area contributed by atoms with E-state index in [1.165, 1.54) is 44.9 Å². The number of rotatable bonds is 14. The lowest BCUT2D eigenvalue weighted by atomic mass is 10.1. The van der Waals surface area contributed by atoms with Crippen molar-refractivity contribution in [1.82, 2.24) is 0 Å². The second-order valence-corrected chi connectivity index (χ2v) is 6.62. The molecule has 0 amide bonds. The second-order valence-electron chi connectivity index (χ2n) is 6.62. The van der Waals surface area contributed by atoms with Gasteiger partial charge in [-0.2, -0.15) is 0 Å². The predicted molar refractivity (Wildman–Crippen MR) is 94.9 cm³/mol. The Balaban J connectivity index is 1.95. The van der Waals surface area contributed by atoms with Crippen LogP contribution >= 0.6 is 0 Å². The van der Waals surface area contributed by atoms with Crippen molar-refractivity contribution in [2.24, 2.45) is 0 Å². The van der Waals surface area contributed by atoms with Gasteiger partial charge in [0, 0.05) is 6.61 Å². The van der Waals surface area contributed by atoms with Gasteiger partial charge in [0.2, 0.25) is 0 Å². The molecule has 142 valence electrons. The van der Waals surface area contributed by atoms with Crippen LogP contribution in [-0.2, 0) is 9.47 Å². The van der Waals surface area contributed by atoms with Crippen molar-refractivity contribution in [3.63, 3.8) is 0 Å². The first kappa shape index (κ1) is 21.6. The van der Waals surface area contributed by atoms with Crippen LogP contribution in [-0.4, -0.2) is 59.6 Å². The Morgan fingerprint density at radius 3 is 2.33 bits per heavy atom. The molecule has 5 nitrogen and oxygen atoms in total. The fourth-order valence-corrected chi connectivity index (χ4v) is 2.91. The van der Waals surface area contributed by atoms with Crippen LogP contribution in [0, 0.1) is 0 Å². The minimum Gasteiger partial charge on any atom is -0.394 e. The number of unbranched alkanes of at least 4 members (excludes halogenated alkanes) is 7. The summed E-state index contributed by atoms with van der Waals surface area (Å²) in [5, 5.41) is 28.6. The third-order valence-corrected chi connectivity index (χ3v) is 4.46. The van der Waals surface area contributed by atoms with Gasteiger partial charge in [-0.1, -0.05) is 51.2 Å². The molecule has 24 heavy (non-hydrogen) atoms. The molecule has 0 unspecified atom stereocenters. The van der Waals surface area contributed by atoms with Gasteiger partial charge in [0.25, 0.3) is 0 Å². The normalized spacial score (nSPS) is 25.6. The topological polar surface area (TPSA) is 79.2 Å². The third-order valence-electron chi connectivity index (χ3n) is 4.46. The molecule has 0 radical (unpaired) electrons. The van der Waals surface area contributed by atoms with Gasteiger partial charge in [-0.05, 0) is 25.7 Å². The Hall–Kier alpha value is -0.460. The standard InChI is InChI=1S/C19H36O5/c1-2-3-4-5-6-7-8-9-10-11-12-13-23-17(14-20)19-18(22)16(21)15-24-19/h4-5,16-22H,2-3,6-15H2,1H3/b5-4+/t16-,17+,18+,19+/m0/s1. The predicted octanol–water partition coefficient (Wildman–Crippen LogP) is 2.57. The first-order valence-corrected chi connectivity index (χ1v) is 9.55. The zero-order chi connectivity index (χ0) is 17.6. The molecule has 0 aromatic rings. The van der Waals surface area contributed by atoms with Crippen molar-refractivity contribution >= 4 is 0 Å². The summed E-state index contributed by atoms with van der Waals surface area (Å²) < 4.78 is 10.9. The summed E-state index contributed by atoms with van der Waals surface area (Å²) in [4.78, 5) is 0. The first-order chi connectivity index (χ1) is 11.7. The molecule has 1 aliphatic rings. The van der Waals surface area contributed by atoms with Crippen LogP contribution in [0.1, 0.15) is 64.7 Å². The Morgan fingerprint density at radius 2 is 1.71 bits per heavy atom. The van der Waals surface area contributed by atoms with E-state index in [-0.39, 0.29) is 13.2 Å². The van der Waals surface area contributed by atoms with Crippen LogP contribution in [0.15, 0.2) is 12.2 Å². The Labute approximate surface area is 146 Å². The van der Waals surface area contributed by atoms with Crippen molar-refractivity contribution in [3.8, 4) is 0 Å². The molecular formula is C19H36O5. The molecule has 0 spiro atoms. The van der Waals surface area contributed by atoms with Crippen LogP contribution in [0.4, 0.5) is 0 Å². The third kappa shape index (κ3) is 8.58. The highest BCUT2D eigenvalue weighted by molar-refractivity contribution is 4.88. The van der Waals surface area contributed by atoms with Gasteiger partial charge in [0.05, 0.1) is 13.2 Å². The summed E-state index contributed by atoms with van der Waals surface area (Å²) in [5.74, 6) is 0. The molecule has 0 saturated carbocycles. The average Bonchev–Trinajstić information content (AvgIpc) is 2.92. The maximum Gasteiger partial charge on any atom is 0.114 e. The van der Waals surface area contributed by atoms with Crippen molar-refractivity contribution in [2.75, 3.05) is 19.8 Å². The molecule has 5 heteroatoms. The summed E-state index contributed by atoms with van der Waals surface area (Å²) in [7, 11) is 0. The van der Waals surface area contributed by atoms with Crippen molar-refractivity contribution in [1.29, 1.82) is 0 Å². The molecule has 1 aliphatic heterocycles. The van der Waals surface area contributed by atoms with Gasteiger partial charge in [-0.15, -0.1) is 0 Å². The molecule has 3 N–H and O–H groups in total. The molecule has 1 heterocycles. The molecule has 1 rings (SSSR count). The highest BCUT2D eigenvalue weighted by Gasteiger charge is 2.40. The quantitative estimate of drug-likeness (QED) is 0.333. The van der Waals surface area contributed by atoms with E-state index in [0.29, 0.717) is 6.61 Å². The molecule has 4 atom stereocenters. The van der Waals surface area contributed by atoms with Crippen LogP contribution < -0.4 is 0 Å². The van der Waals surface area contributed by atoms with Crippen molar-refractivity contribution < 1.29 is 24.8 Å². The summed E-state index contributed by atoms with van der Waals surface area (Å²) >= 11 is 0. The fourth-order valence-electron chi connectivity index (χ4n) is 2.91. The highest BCUT2D eigenvalue weighted by Crippen LogP contribution is 2.20. The first-order valence-electron chi connectivity index (χ1n) is 9.55. The number of hydrogen-bond acceptors (Lipinski definition) is 5. The molecular weight excluding hydrogens is 308 g/mol. The van der Waals surface area contributed by atoms with E-state index in [0.717, 1.165) is 12.8 Å². The molecule has 0 aromatic carbocycles. The van der Waals surface area contributed by atoms with Crippen molar-refractivity contribution in [2.45, 2.75) is 89.1 Å². The van der Waals surface area contributed by atoms with Gasteiger partial charge in [-0.3, -0.25) is 0 Å². The van der Waals surface area contributed by atoms with Gasteiger partial charge in [0.1, 0.15) is 24.4 Å². The maximum absolute atomic E-state index is 9.78. The second kappa shape index (κ2) is 13.8. The minimum atomic E-state index is -0.978. The number of hydrogen-bond donors (Lipinski definition) is 3. The molecule has 0 aromatic heterocycles. The van der Waals surface area contributed by atoms with E-state index in [9.17, 15) is 15.3 Å². The lowest BCUT2D eigenvalue weighted by Gasteiger charge is -2.24. The van der Waals surface area contributed by atoms with Gasteiger partial charge in [0.15, 0.2) is 0 Å². The summed E-state index contributed by atoms with van der Waals surface area (Å²) in [5.41, 5.74) is 0. The zero-order valence-electron chi connectivity index (χ0n) is 15.1. The van der Waals surface area contributed by atoms with E-state index < -0.39 is 24.4 Å². The van der Waals surface area contributed by atoms with E-state index >= 15 is 0 Å². The smallest absolute Gasteiger partial charge is 0.114 e. The molecule has 1 saturated heterocycles. The molecule has 0 bridgehead atoms. The number of ether oxygens (including phenoxy) is 2. The van der Waals surface area contributed by atoms with Gasteiger partial charge >= 0.3 is 0 Å². The largest absolute Gasteiger partial charge is 0.394 e. The Kier molecular flexibility index (Phi) is 12.4. The fraction of sp³-hybridized carbons (Fsp3) is 0.895. The van der Waals surface area contributed by atoms with Gasteiger partial charge < -0.3 is 24.8 Å². The van der Waals surface area contributed by atoms with E-state index in [1.807, 2.05) is 0 Å². The summed E-state index contributed by atoms with van der Waals surface area (Å²) in [6.07, 6.45) is 12.2. The van der Waals surface area contributed by atoms with Crippen molar-refractivity contribution in [3.05, 3.63) is 12.2 Å². The zero-order valence-corrected chi connectivity index (χ0v) is 15.1. The SMILES string of the molecule is CCC/C=C/CCCCCCCCO[C@H](CO)[C@H]1OC[C@H](O)[C@H]1O. The summed E-state index contributed by atoms with van der Waals surface area (Å²) in [6.45, 7) is 2.63. The van der Waals surface area contributed by atoms with Crippen LogP contribution in [0.5, 0.6) is 0 Å². The van der Waals surface area contributed by atoms with Crippen LogP contribution in [0.25, 0.3) is 0 Å². The molecule has 0 aliphatic carbocycles. The monoisotopic (exact) mass is 344 g/mol. The van der Waals surface area contributed by atoms with Crippen LogP contribution in [0.2, 0.25) is 0 Å². The number of aliphatic hydroxyl groups excluding tert-OH is 3. The summed E-state index contributed by atoms with van der Waals surface area (Å²) in [6, 6.07) is 0. The van der Waals surface area contributed by atoms with E-state index in [1.54, 1.807) is 0 Å². The van der Waals surface area contributed by atoms with E-state index in [4.69, 9.17) is 9.47 Å². The lowest BCUT2D eigenvalue weighted by Crippen LogP contribution is -2.42. The number of allylic oxidation sites excluding steroid dienone is 2. The Bertz CT molecular complexity index is 321. The van der Waals surface area contributed by atoms with E-state index in [2.05, 4.69) is 19.1 Å². The highest BCUT2D eigenvalue weighted by atomic mass is 16.6. The Morgan fingerprint density at radius 1 is 1.04 bits per heavy atom. The average molecular weight is 344 g/mol. The maximum atomic E-state index is 9.78. The minimum absolute atomic E-state index is 0.0966. The lowest BCUT2D eigenvalue weighted by molar-refractivity contribution is -0.101.